The Bertz CT molecular complexity index is 1160. The van der Waals surface area contributed by atoms with E-state index in [1.54, 1.807) is 24.3 Å². The van der Waals surface area contributed by atoms with E-state index >= 15 is 0 Å². The second-order valence-electron chi connectivity index (χ2n) is 6.62. The third-order valence-electron chi connectivity index (χ3n) is 4.42. The van der Waals surface area contributed by atoms with Crippen LogP contribution in [0.5, 0.6) is 0 Å². The van der Waals surface area contributed by atoms with Crippen LogP contribution < -0.4 is 5.32 Å². The van der Waals surface area contributed by atoms with Crippen molar-refractivity contribution >= 4 is 21.7 Å². The van der Waals surface area contributed by atoms with E-state index in [4.69, 9.17) is 0 Å². The fourth-order valence-corrected chi connectivity index (χ4v) is 3.34. The molecule has 0 atom stereocenters. The number of hydrogen-bond acceptors (Lipinski definition) is 6. The van der Waals surface area contributed by atoms with E-state index in [-0.39, 0.29) is 5.82 Å². The number of benzene rings is 2. The standard InChI is InChI=1S/C21H15BrF3N5O/c22-17-16(10-13-4-2-1-3-5-13)27-12-28-19(17)26-11-14-6-8-15(9-7-14)18-29-20(31-30-18)21(23,24)25/h1-9,12H,10-11H2,(H,26,27,28). The summed E-state index contributed by atoms with van der Waals surface area (Å²) >= 11 is 3.57. The predicted molar refractivity (Wildman–Crippen MR) is 111 cm³/mol. The van der Waals surface area contributed by atoms with Crippen LogP contribution in [0.2, 0.25) is 0 Å². The number of anilines is 1. The topological polar surface area (TPSA) is 76.7 Å². The van der Waals surface area contributed by atoms with Crippen LogP contribution in [-0.2, 0) is 19.1 Å². The van der Waals surface area contributed by atoms with Gasteiger partial charge in [0.25, 0.3) is 0 Å². The summed E-state index contributed by atoms with van der Waals surface area (Å²) in [6.07, 6.45) is -2.50. The van der Waals surface area contributed by atoms with Gasteiger partial charge < -0.3 is 9.84 Å². The van der Waals surface area contributed by atoms with Crippen molar-refractivity contribution < 1.29 is 17.7 Å². The Kier molecular flexibility index (Phi) is 5.99. The Labute approximate surface area is 183 Å². The van der Waals surface area contributed by atoms with Gasteiger partial charge in [-0.05, 0) is 27.1 Å². The Balaban J connectivity index is 1.43. The summed E-state index contributed by atoms with van der Waals surface area (Å²) in [5, 5.41) is 6.63. The number of nitrogens with zero attached hydrogens (tertiary/aromatic N) is 4. The second-order valence-corrected chi connectivity index (χ2v) is 7.41. The number of alkyl halides is 3. The van der Waals surface area contributed by atoms with E-state index in [0.717, 1.165) is 21.3 Å². The molecular weight excluding hydrogens is 475 g/mol. The van der Waals surface area contributed by atoms with Crippen LogP contribution in [0, 0.1) is 0 Å². The van der Waals surface area contributed by atoms with Gasteiger partial charge in [0.15, 0.2) is 0 Å². The average molecular weight is 490 g/mol. The van der Waals surface area contributed by atoms with Gasteiger partial charge >= 0.3 is 12.1 Å². The van der Waals surface area contributed by atoms with Crippen LogP contribution in [-0.4, -0.2) is 20.1 Å². The highest BCUT2D eigenvalue weighted by Gasteiger charge is 2.38. The number of rotatable bonds is 6. The molecule has 31 heavy (non-hydrogen) atoms. The summed E-state index contributed by atoms with van der Waals surface area (Å²) < 4.78 is 42.9. The van der Waals surface area contributed by atoms with Gasteiger partial charge in [-0.15, -0.1) is 0 Å². The van der Waals surface area contributed by atoms with Crippen molar-refractivity contribution in [3.8, 4) is 11.4 Å². The zero-order valence-electron chi connectivity index (χ0n) is 15.9. The molecule has 2 heterocycles. The van der Waals surface area contributed by atoms with E-state index in [9.17, 15) is 13.2 Å². The maximum absolute atomic E-state index is 12.6. The highest BCUT2D eigenvalue weighted by molar-refractivity contribution is 9.10. The molecule has 0 unspecified atom stereocenters. The number of nitrogens with one attached hydrogen (secondary N) is 1. The van der Waals surface area contributed by atoms with Gasteiger partial charge in [-0.3, -0.25) is 0 Å². The van der Waals surface area contributed by atoms with Gasteiger partial charge in [0.1, 0.15) is 12.1 Å². The first-order valence-electron chi connectivity index (χ1n) is 9.17. The largest absolute Gasteiger partial charge is 0.471 e. The fourth-order valence-electron chi connectivity index (χ4n) is 2.86. The maximum atomic E-state index is 12.6. The third kappa shape index (κ3) is 5.08. The second kappa shape index (κ2) is 8.84. The van der Waals surface area contributed by atoms with E-state index < -0.39 is 12.1 Å². The van der Waals surface area contributed by atoms with Crippen molar-refractivity contribution in [3.63, 3.8) is 0 Å². The van der Waals surface area contributed by atoms with Crippen LogP contribution in [0.4, 0.5) is 19.0 Å². The van der Waals surface area contributed by atoms with Gasteiger partial charge in [-0.2, -0.15) is 18.2 Å². The minimum Gasteiger partial charge on any atom is -0.365 e. The van der Waals surface area contributed by atoms with Crippen molar-refractivity contribution in [2.24, 2.45) is 0 Å². The first-order chi connectivity index (χ1) is 14.9. The molecule has 0 aliphatic heterocycles. The molecule has 0 aliphatic carbocycles. The summed E-state index contributed by atoms with van der Waals surface area (Å²) in [7, 11) is 0. The third-order valence-corrected chi connectivity index (χ3v) is 5.25. The first-order valence-corrected chi connectivity index (χ1v) is 9.97. The molecule has 1 N–H and O–H groups in total. The molecule has 0 amide bonds. The number of aromatic nitrogens is 4. The molecule has 0 radical (unpaired) electrons. The molecule has 0 aliphatic rings. The Morgan fingerprint density at radius 2 is 1.68 bits per heavy atom. The smallest absolute Gasteiger partial charge is 0.365 e. The van der Waals surface area contributed by atoms with E-state index in [2.05, 4.69) is 45.9 Å². The molecule has 6 nitrogen and oxygen atoms in total. The van der Waals surface area contributed by atoms with Crippen molar-refractivity contribution in [2.75, 3.05) is 5.32 Å². The lowest BCUT2D eigenvalue weighted by atomic mass is 10.1. The zero-order valence-corrected chi connectivity index (χ0v) is 17.5. The summed E-state index contributed by atoms with van der Waals surface area (Å²) in [4.78, 5) is 12.0. The molecule has 2 aromatic heterocycles. The van der Waals surface area contributed by atoms with E-state index in [1.807, 2.05) is 30.3 Å². The summed E-state index contributed by atoms with van der Waals surface area (Å²) in [5.41, 5.74) is 3.32. The fraction of sp³-hybridized carbons (Fsp3) is 0.143. The van der Waals surface area contributed by atoms with Crippen molar-refractivity contribution in [1.82, 2.24) is 20.1 Å². The molecule has 158 valence electrons. The Morgan fingerprint density at radius 3 is 2.35 bits per heavy atom. The average Bonchev–Trinajstić information content (AvgIpc) is 3.26. The molecule has 4 aromatic rings. The molecule has 0 spiro atoms. The van der Waals surface area contributed by atoms with Gasteiger partial charge in [0, 0.05) is 18.5 Å². The van der Waals surface area contributed by atoms with Crippen LogP contribution in [0.15, 0.2) is 69.9 Å². The monoisotopic (exact) mass is 489 g/mol. The maximum Gasteiger partial charge on any atom is 0.471 e. The molecule has 0 bridgehead atoms. The lowest BCUT2D eigenvalue weighted by Gasteiger charge is -2.11. The summed E-state index contributed by atoms with van der Waals surface area (Å²) in [6.45, 7) is 0.459. The van der Waals surface area contributed by atoms with Crippen molar-refractivity contribution in [3.05, 3.63) is 88.1 Å². The zero-order chi connectivity index (χ0) is 21.8. The van der Waals surface area contributed by atoms with E-state index in [0.29, 0.717) is 24.3 Å². The number of hydrogen-bond donors (Lipinski definition) is 1. The first kappa shape index (κ1) is 21.0. The van der Waals surface area contributed by atoms with Crippen LogP contribution in [0.1, 0.15) is 22.7 Å². The Hall–Kier alpha value is -3.27. The quantitative estimate of drug-likeness (QED) is 0.384. The predicted octanol–water partition coefficient (Wildman–Crippen LogP) is 5.51. The molecule has 0 fully saturated rings. The molecular formula is C21H15BrF3N5O. The van der Waals surface area contributed by atoms with Crippen LogP contribution in [0.3, 0.4) is 0 Å². The molecule has 10 heteroatoms. The SMILES string of the molecule is FC(F)(F)c1nc(-c2ccc(CNc3ncnc(Cc4ccccc4)c3Br)cc2)no1. The van der Waals surface area contributed by atoms with Crippen molar-refractivity contribution in [1.29, 1.82) is 0 Å². The normalized spacial score (nSPS) is 11.5. The van der Waals surface area contributed by atoms with Gasteiger partial charge in [0.2, 0.25) is 5.82 Å². The lowest BCUT2D eigenvalue weighted by molar-refractivity contribution is -0.159. The van der Waals surface area contributed by atoms with Crippen LogP contribution in [0.25, 0.3) is 11.4 Å². The van der Waals surface area contributed by atoms with Gasteiger partial charge in [0.05, 0.1) is 10.2 Å². The number of halogens is 4. The minimum absolute atomic E-state index is 0.115. The summed E-state index contributed by atoms with van der Waals surface area (Å²) in [5.74, 6) is -0.831. The highest BCUT2D eigenvalue weighted by Crippen LogP contribution is 2.29. The van der Waals surface area contributed by atoms with Gasteiger partial charge in [-0.1, -0.05) is 59.8 Å². The van der Waals surface area contributed by atoms with E-state index in [1.165, 1.54) is 6.33 Å². The molecule has 2 aromatic carbocycles. The summed E-state index contributed by atoms with van der Waals surface area (Å²) in [6, 6.07) is 16.8. The Morgan fingerprint density at radius 1 is 0.935 bits per heavy atom. The van der Waals surface area contributed by atoms with Gasteiger partial charge in [-0.25, -0.2) is 9.97 Å². The van der Waals surface area contributed by atoms with Crippen molar-refractivity contribution in [2.45, 2.75) is 19.1 Å². The molecule has 0 saturated carbocycles. The molecule has 4 rings (SSSR count). The van der Waals surface area contributed by atoms with Crippen LogP contribution >= 0.6 is 15.9 Å². The molecule has 0 saturated heterocycles. The highest BCUT2D eigenvalue weighted by atomic mass is 79.9. The lowest BCUT2D eigenvalue weighted by Crippen LogP contribution is -2.05. The minimum atomic E-state index is -4.67.